The van der Waals surface area contributed by atoms with Crippen LogP contribution in [0, 0.1) is 6.07 Å². The molecule has 1 aromatic heterocycles. The summed E-state index contributed by atoms with van der Waals surface area (Å²) in [5.74, 6) is 0. The molecule has 0 spiro atoms. The molecule has 2 heterocycles. The van der Waals surface area contributed by atoms with Gasteiger partial charge in [-0.25, -0.2) is 0 Å². The monoisotopic (exact) mass is 238 g/mol. The van der Waals surface area contributed by atoms with Crippen LogP contribution in [0.4, 0.5) is 5.69 Å². The third-order valence-corrected chi connectivity index (χ3v) is 3.25. The standard InChI is InChI=1S/C15H16N3/c1-3-13(14-4-2-6-17-12-14)11-15(5-1)18-9-7-16-8-10-18/h2-6,11-12,16H,7-10H2. The van der Waals surface area contributed by atoms with Gasteiger partial charge in [-0.3, -0.25) is 4.98 Å². The van der Waals surface area contributed by atoms with Crippen molar-refractivity contribution in [1.29, 1.82) is 0 Å². The van der Waals surface area contributed by atoms with E-state index in [1.165, 1.54) is 11.3 Å². The molecule has 3 nitrogen and oxygen atoms in total. The zero-order valence-electron chi connectivity index (χ0n) is 10.3. The minimum atomic E-state index is 1.05. The Kier molecular flexibility index (Phi) is 3.24. The van der Waals surface area contributed by atoms with Gasteiger partial charge < -0.3 is 10.2 Å². The zero-order chi connectivity index (χ0) is 12.2. The summed E-state index contributed by atoms with van der Waals surface area (Å²) < 4.78 is 0. The van der Waals surface area contributed by atoms with Crippen LogP contribution in [0.5, 0.6) is 0 Å². The summed E-state index contributed by atoms with van der Waals surface area (Å²) in [5, 5.41) is 3.37. The highest BCUT2D eigenvalue weighted by atomic mass is 15.2. The Hall–Kier alpha value is -1.87. The number of nitrogens with one attached hydrogen (secondary N) is 1. The molecule has 0 bridgehead atoms. The maximum Gasteiger partial charge on any atom is 0.0379 e. The van der Waals surface area contributed by atoms with Crippen LogP contribution in [-0.2, 0) is 0 Å². The minimum Gasteiger partial charge on any atom is -0.369 e. The van der Waals surface area contributed by atoms with E-state index < -0.39 is 0 Å². The molecule has 1 N–H and O–H groups in total. The fraction of sp³-hybridized carbons (Fsp3) is 0.267. The molecule has 2 aromatic rings. The number of nitrogens with zero attached hydrogens (tertiary/aromatic N) is 2. The van der Waals surface area contributed by atoms with Crippen molar-refractivity contribution in [2.75, 3.05) is 31.1 Å². The molecule has 1 aliphatic heterocycles. The highest BCUT2D eigenvalue weighted by Gasteiger charge is 2.10. The molecular weight excluding hydrogens is 222 g/mol. The summed E-state index contributed by atoms with van der Waals surface area (Å²) in [6.07, 6.45) is 3.69. The molecule has 0 saturated carbocycles. The summed E-state index contributed by atoms with van der Waals surface area (Å²) in [6.45, 7) is 4.23. The summed E-state index contributed by atoms with van der Waals surface area (Å²) in [6, 6.07) is 13.6. The van der Waals surface area contributed by atoms with Gasteiger partial charge in [0, 0.05) is 49.8 Å². The normalized spacial score (nSPS) is 15.7. The summed E-state index contributed by atoms with van der Waals surface area (Å²) in [5.41, 5.74) is 3.57. The van der Waals surface area contributed by atoms with E-state index in [0.29, 0.717) is 0 Å². The van der Waals surface area contributed by atoms with Crippen LogP contribution in [0.15, 0.2) is 42.7 Å². The van der Waals surface area contributed by atoms with Crippen molar-refractivity contribution >= 4 is 5.69 Å². The second-order valence-corrected chi connectivity index (χ2v) is 4.46. The predicted molar refractivity (Wildman–Crippen MR) is 73.6 cm³/mol. The van der Waals surface area contributed by atoms with Crippen molar-refractivity contribution < 1.29 is 0 Å². The number of hydrogen-bond donors (Lipinski definition) is 1. The van der Waals surface area contributed by atoms with Crippen LogP contribution >= 0.6 is 0 Å². The highest BCUT2D eigenvalue weighted by Crippen LogP contribution is 2.23. The molecule has 1 fully saturated rings. The maximum atomic E-state index is 4.17. The van der Waals surface area contributed by atoms with Gasteiger partial charge in [0.2, 0.25) is 0 Å². The van der Waals surface area contributed by atoms with E-state index >= 15 is 0 Å². The Labute approximate surface area is 107 Å². The number of rotatable bonds is 2. The number of pyridine rings is 1. The molecule has 3 rings (SSSR count). The predicted octanol–water partition coefficient (Wildman–Crippen LogP) is 1.96. The lowest BCUT2D eigenvalue weighted by molar-refractivity contribution is 0.589. The lowest BCUT2D eigenvalue weighted by Crippen LogP contribution is -2.43. The molecule has 0 aliphatic carbocycles. The molecule has 1 radical (unpaired) electrons. The van der Waals surface area contributed by atoms with E-state index in [1.807, 2.05) is 18.3 Å². The van der Waals surface area contributed by atoms with Crippen LogP contribution in [0.2, 0.25) is 0 Å². The van der Waals surface area contributed by atoms with Crippen LogP contribution in [0.1, 0.15) is 0 Å². The topological polar surface area (TPSA) is 28.2 Å². The number of piperazine rings is 1. The van der Waals surface area contributed by atoms with Crippen molar-refractivity contribution in [3.05, 3.63) is 48.8 Å². The SMILES string of the molecule is [c]1cc(-c2cccnc2)cc(N2CCNCC2)c1. The van der Waals surface area contributed by atoms with E-state index in [0.717, 1.165) is 31.7 Å². The first kappa shape index (κ1) is 11.2. The third kappa shape index (κ3) is 2.36. The lowest BCUT2D eigenvalue weighted by Gasteiger charge is -2.29. The molecule has 1 aromatic carbocycles. The maximum absolute atomic E-state index is 4.17. The first-order chi connectivity index (χ1) is 8.93. The molecule has 18 heavy (non-hydrogen) atoms. The fourth-order valence-corrected chi connectivity index (χ4v) is 2.27. The lowest BCUT2D eigenvalue weighted by atomic mass is 10.1. The van der Waals surface area contributed by atoms with Gasteiger partial charge in [-0.05, 0) is 35.9 Å². The van der Waals surface area contributed by atoms with E-state index in [2.05, 4.69) is 39.5 Å². The quantitative estimate of drug-likeness (QED) is 0.867. The number of benzene rings is 1. The summed E-state index contributed by atoms with van der Waals surface area (Å²) in [4.78, 5) is 6.56. The molecule has 3 heteroatoms. The van der Waals surface area contributed by atoms with Crippen molar-refractivity contribution in [2.24, 2.45) is 0 Å². The number of hydrogen-bond acceptors (Lipinski definition) is 3. The Morgan fingerprint density at radius 3 is 2.83 bits per heavy atom. The van der Waals surface area contributed by atoms with Gasteiger partial charge in [0.05, 0.1) is 0 Å². The third-order valence-electron chi connectivity index (χ3n) is 3.25. The van der Waals surface area contributed by atoms with Crippen molar-refractivity contribution in [3.8, 4) is 11.1 Å². The van der Waals surface area contributed by atoms with Gasteiger partial charge >= 0.3 is 0 Å². The van der Waals surface area contributed by atoms with Gasteiger partial charge in [-0.15, -0.1) is 0 Å². The Morgan fingerprint density at radius 1 is 1.17 bits per heavy atom. The molecule has 0 unspecified atom stereocenters. The zero-order valence-corrected chi connectivity index (χ0v) is 10.3. The summed E-state index contributed by atoms with van der Waals surface area (Å²) in [7, 11) is 0. The van der Waals surface area contributed by atoms with Crippen LogP contribution in [-0.4, -0.2) is 31.2 Å². The van der Waals surface area contributed by atoms with E-state index in [-0.39, 0.29) is 0 Å². The number of anilines is 1. The fourth-order valence-electron chi connectivity index (χ4n) is 2.27. The first-order valence-corrected chi connectivity index (χ1v) is 6.31. The molecule has 0 amide bonds. The van der Waals surface area contributed by atoms with Gasteiger partial charge in [-0.1, -0.05) is 6.07 Å². The first-order valence-electron chi connectivity index (χ1n) is 6.31. The van der Waals surface area contributed by atoms with Gasteiger partial charge in [0.25, 0.3) is 0 Å². The molecular formula is C15H16N3. The molecule has 1 saturated heterocycles. The molecule has 91 valence electrons. The second-order valence-electron chi connectivity index (χ2n) is 4.46. The molecule has 0 atom stereocenters. The average Bonchev–Trinajstić information content (AvgIpc) is 2.49. The smallest absolute Gasteiger partial charge is 0.0379 e. The second kappa shape index (κ2) is 5.19. The summed E-state index contributed by atoms with van der Waals surface area (Å²) >= 11 is 0. The van der Waals surface area contributed by atoms with Crippen molar-refractivity contribution in [3.63, 3.8) is 0 Å². The van der Waals surface area contributed by atoms with Gasteiger partial charge in [0.15, 0.2) is 0 Å². The van der Waals surface area contributed by atoms with E-state index in [9.17, 15) is 0 Å². The molecule has 1 aliphatic rings. The number of aromatic nitrogens is 1. The van der Waals surface area contributed by atoms with E-state index in [1.54, 1.807) is 6.20 Å². The largest absolute Gasteiger partial charge is 0.369 e. The highest BCUT2D eigenvalue weighted by molar-refractivity contribution is 5.67. The van der Waals surface area contributed by atoms with E-state index in [4.69, 9.17) is 0 Å². The van der Waals surface area contributed by atoms with Crippen LogP contribution < -0.4 is 10.2 Å². The van der Waals surface area contributed by atoms with Crippen molar-refractivity contribution in [1.82, 2.24) is 10.3 Å². The Morgan fingerprint density at radius 2 is 2.06 bits per heavy atom. The van der Waals surface area contributed by atoms with Gasteiger partial charge in [-0.2, -0.15) is 0 Å². The Balaban J connectivity index is 1.89. The van der Waals surface area contributed by atoms with Crippen LogP contribution in [0.25, 0.3) is 11.1 Å². The minimum absolute atomic E-state index is 1.05. The van der Waals surface area contributed by atoms with Gasteiger partial charge in [0.1, 0.15) is 0 Å². The van der Waals surface area contributed by atoms with Crippen molar-refractivity contribution in [2.45, 2.75) is 0 Å². The Bertz CT molecular complexity index is 504. The average molecular weight is 238 g/mol. The van der Waals surface area contributed by atoms with Crippen LogP contribution in [0.3, 0.4) is 0 Å².